The fourth-order valence-corrected chi connectivity index (χ4v) is 3.25. The summed E-state index contributed by atoms with van der Waals surface area (Å²) >= 11 is 0. The Morgan fingerprint density at radius 2 is 1.66 bits per heavy atom. The van der Waals surface area contributed by atoms with E-state index >= 15 is 0 Å². The van der Waals surface area contributed by atoms with E-state index in [0.717, 1.165) is 12.0 Å². The Morgan fingerprint density at radius 1 is 0.969 bits per heavy atom. The van der Waals surface area contributed by atoms with Gasteiger partial charge < -0.3 is 20.5 Å². The van der Waals surface area contributed by atoms with Gasteiger partial charge in [-0.1, -0.05) is 37.3 Å². The standard InChI is InChI=1S/C25H25N3O4/c1-3-16-8-13-20(19-6-4-5-7-21(19)25(30)32-15-31-2)22(14-16)24(29)28-18-11-9-17(10-12-18)23(26)27/h4-14H,3,15H2,1-2H3,(H3,26,27)(H,28,29). The largest absolute Gasteiger partial charge is 0.435 e. The summed E-state index contributed by atoms with van der Waals surface area (Å²) in [5.74, 6) is -0.892. The van der Waals surface area contributed by atoms with Gasteiger partial charge in [-0.15, -0.1) is 0 Å². The van der Waals surface area contributed by atoms with Gasteiger partial charge in [0, 0.05) is 23.9 Å². The number of carbonyl (C=O) groups excluding carboxylic acids is 2. The Balaban J connectivity index is 2.00. The van der Waals surface area contributed by atoms with Crippen LogP contribution in [0, 0.1) is 5.41 Å². The van der Waals surface area contributed by atoms with Crippen molar-refractivity contribution in [2.75, 3.05) is 19.2 Å². The summed E-state index contributed by atoms with van der Waals surface area (Å²) in [6.45, 7) is 1.85. The maximum Gasteiger partial charge on any atom is 0.340 e. The third kappa shape index (κ3) is 5.19. The van der Waals surface area contributed by atoms with E-state index in [4.69, 9.17) is 20.6 Å². The molecule has 0 heterocycles. The molecule has 0 aliphatic rings. The molecule has 7 heteroatoms. The van der Waals surface area contributed by atoms with Gasteiger partial charge in [-0.25, -0.2) is 4.79 Å². The van der Waals surface area contributed by atoms with Gasteiger partial charge in [-0.05, 0) is 59.5 Å². The number of anilines is 1. The average Bonchev–Trinajstić information content (AvgIpc) is 2.82. The number of methoxy groups -OCH3 is 1. The molecule has 0 aliphatic carbocycles. The molecule has 0 fully saturated rings. The molecule has 0 aromatic heterocycles. The van der Waals surface area contributed by atoms with Crippen LogP contribution in [-0.4, -0.2) is 31.6 Å². The lowest BCUT2D eigenvalue weighted by molar-refractivity contribution is -0.0124. The van der Waals surface area contributed by atoms with Crippen LogP contribution in [0.25, 0.3) is 11.1 Å². The van der Waals surface area contributed by atoms with Gasteiger partial charge in [0.25, 0.3) is 5.91 Å². The van der Waals surface area contributed by atoms with E-state index in [1.807, 2.05) is 25.1 Å². The van der Waals surface area contributed by atoms with Crippen LogP contribution in [0.3, 0.4) is 0 Å². The number of benzene rings is 3. The van der Waals surface area contributed by atoms with Gasteiger partial charge in [-0.2, -0.15) is 0 Å². The molecule has 0 unspecified atom stereocenters. The third-order valence-electron chi connectivity index (χ3n) is 4.94. The zero-order chi connectivity index (χ0) is 23.1. The first-order chi connectivity index (χ1) is 15.4. The van der Waals surface area contributed by atoms with Crippen LogP contribution >= 0.6 is 0 Å². The molecule has 3 aromatic carbocycles. The zero-order valence-electron chi connectivity index (χ0n) is 18.0. The van der Waals surface area contributed by atoms with E-state index in [2.05, 4.69) is 5.32 Å². The second-order valence-electron chi connectivity index (χ2n) is 7.06. The van der Waals surface area contributed by atoms with Crippen LogP contribution in [0.15, 0.2) is 66.7 Å². The Morgan fingerprint density at radius 3 is 2.31 bits per heavy atom. The van der Waals surface area contributed by atoms with Crippen molar-refractivity contribution < 1.29 is 19.1 Å². The van der Waals surface area contributed by atoms with Gasteiger partial charge in [0.2, 0.25) is 0 Å². The number of esters is 1. The normalized spacial score (nSPS) is 10.4. The lowest BCUT2D eigenvalue weighted by Gasteiger charge is -2.15. The number of nitrogens with one attached hydrogen (secondary N) is 2. The highest BCUT2D eigenvalue weighted by molar-refractivity contribution is 6.10. The smallest absolute Gasteiger partial charge is 0.340 e. The highest BCUT2D eigenvalue weighted by atomic mass is 16.7. The predicted molar refractivity (Wildman–Crippen MR) is 124 cm³/mol. The van der Waals surface area contributed by atoms with Crippen molar-refractivity contribution in [2.24, 2.45) is 5.73 Å². The summed E-state index contributed by atoms with van der Waals surface area (Å²) in [5.41, 5.74) is 9.61. The van der Waals surface area contributed by atoms with Gasteiger partial charge in [0.05, 0.1) is 5.56 Å². The highest BCUT2D eigenvalue weighted by Gasteiger charge is 2.20. The molecule has 0 atom stereocenters. The molecule has 0 spiro atoms. The fourth-order valence-electron chi connectivity index (χ4n) is 3.25. The van der Waals surface area contributed by atoms with Crippen molar-refractivity contribution in [3.63, 3.8) is 0 Å². The van der Waals surface area contributed by atoms with Crippen molar-refractivity contribution in [3.8, 4) is 11.1 Å². The quantitative estimate of drug-likeness (QED) is 0.214. The summed E-state index contributed by atoms with van der Waals surface area (Å²) in [6, 6.07) is 19.3. The highest BCUT2D eigenvalue weighted by Crippen LogP contribution is 2.29. The maximum absolute atomic E-state index is 13.2. The second-order valence-corrected chi connectivity index (χ2v) is 7.06. The van der Waals surface area contributed by atoms with Crippen LogP contribution in [0.1, 0.15) is 38.8 Å². The van der Waals surface area contributed by atoms with Crippen LogP contribution in [0.5, 0.6) is 0 Å². The first-order valence-corrected chi connectivity index (χ1v) is 10.1. The minimum Gasteiger partial charge on any atom is -0.435 e. The first kappa shape index (κ1) is 22.7. The molecule has 3 rings (SSSR count). The summed E-state index contributed by atoms with van der Waals surface area (Å²) < 4.78 is 9.95. The Kier molecular flexibility index (Phi) is 7.36. The monoisotopic (exact) mass is 431 g/mol. The second kappa shape index (κ2) is 10.4. The molecular formula is C25H25N3O4. The number of rotatable bonds is 8. The fraction of sp³-hybridized carbons (Fsp3) is 0.160. The van der Waals surface area contributed by atoms with E-state index in [9.17, 15) is 9.59 Å². The van der Waals surface area contributed by atoms with Gasteiger partial charge >= 0.3 is 5.97 Å². The maximum atomic E-state index is 13.2. The summed E-state index contributed by atoms with van der Waals surface area (Å²) in [4.78, 5) is 25.8. The topological polar surface area (TPSA) is 114 Å². The molecule has 164 valence electrons. The summed E-state index contributed by atoms with van der Waals surface area (Å²) in [6.07, 6.45) is 0.755. The van der Waals surface area contributed by atoms with Crippen molar-refractivity contribution >= 4 is 23.4 Å². The first-order valence-electron chi connectivity index (χ1n) is 10.1. The van der Waals surface area contributed by atoms with Crippen molar-refractivity contribution in [2.45, 2.75) is 13.3 Å². The summed E-state index contributed by atoms with van der Waals surface area (Å²) in [7, 11) is 1.44. The third-order valence-corrected chi connectivity index (χ3v) is 4.94. The molecule has 32 heavy (non-hydrogen) atoms. The molecule has 0 aliphatic heterocycles. The number of amides is 1. The number of aryl methyl sites for hydroxylation is 1. The lowest BCUT2D eigenvalue weighted by atomic mass is 9.93. The molecule has 7 nitrogen and oxygen atoms in total. The van der Waals surface area contributed by atoms with Gasteiger partial charge in [0.15, 0.2) is 6.79 Å². The van der Waals surface area contributed by atoms with Crippen molar-refractivity contribution in [1.82, 2.24) is 0 Å². The minimum absolute atomic E-state index is 0.0437. The molecule has 0 saturated heterocycles. The van der Waals surface area contributed by atoms with E-state index in [1.54, 1.807) is 48.5 Å². The van der Waals surface area contributed by atoms with Gasteiger partial charge in [-0.3, -0.25) is 10.2 Å². The van der Waals surface area contributed by atoms with Crippen molar-refractivity contribution in [1.29, 1.82) is 5.41 Å². The Labute approximate surface area is 186 Å². The van der Waals surface area contributed by atoms with Crippen LogP contribution in [0.4, 0.5) is 5.69 Å². The number of ether oxygens (including phenoxy) is 2. The zero-order valence-corrected chi connectivity index (χ0v) is 18.0. The molecule has 0 radical (unpaired) electrons. The molecule has 4 N–H and O–H groups in total. The minimum atomic E-state index is -0.534. The predicted octanol–water partition coefficient (Wildman–Crippen LogP) is 4.21. The number of hydrogen-bond acceptors (Lipinski definition) is 5. The Hall–Kier alpha value is -3.97. The summed E-state index contributed by atoms with van der Waals surface area (Å²) in [5, 5.41) is 10.4. The van der Waals surface area contributed by atoms with E-state index in [1.165, 1.54) is 7.11 Å². The number of nitrogen functional groups attached to an aromatic ring is 1. The number of hydrogen-bond donors (Lipinski definition) is 3. The SMILES string of the molecule is CCc1ccc(-c2ccccc2C(=O)OCOC)c(C(=O)Nc2ccc(C(=N)N)cc2)c1. The van der Waals surface area contributed by atoms with Gasteiger partial charge in [0.1, 0.15) is 5.84 Å². The molecule has 3 aromatic rings. The van der Waals surface area contributed by atoms with E-state index in [-0.39, 0.29) is 18.5 Å². The van der Waals surface area contributed by atoms with Crippen LogP contribution in [0.2, 0.25) is 0 Å². The number of amidine groups is 1. The molecular weight excluding hydrogens is 406 g/mol. The van der Waals surface area contributed by atoms with Crippen LogP contribution < -0.4 is 11.1 Å². The number of nitrogens with two attached hydrogens (primary N) is 1. The molecule has 0 saturated carbocycles. The van der Waals surface area contributed by atoms with E-state index in [0.29, 0.717) is 33.5 Å². The molecule has 0 bridgehead atoms. The number of carbonyl (C=O) groups is 2. The van der Waals surface area contributed by atoms with E-state index < -0.39 is 5.97 Å². The van der Waals surface area contributed by atoms with Crippen molar-refractivity contribution in [3.05, 3.63) is 89.0 Å². The lowest BCUT2D eigenvalue weighted by Crippen LogP contribution is -2.15. The average molecular weight is 431 g/mol. The van der Waals surface area contributed by atoms with Crippen LogP contribution in [-0.2, 0) is 15.9 Å². The Bertz CT molecular complexity index is 1140. The molecule has 1 amide bonds.